The van der Waals surface area contributed by atoms with E-state index in [2.05, 4.69) is 36.3 Å². The lowest BCUT2D eigenvalue weighted by molar-refractivity contribution is -0.122. The zero-order valence-corrected chi connectivity index (χ0v) is 17.4. The van der Waals surface area contributed by atoms with Crippen molar-refractivity contribution in [2.24, 2.45) is 0 Å². The molecular weight excluding hydrogens is 370 g/mol. The van der Waals surface area contributed by atoms with E-state index in [0.29, 0.717) is 17.3 Å². The van der Waals surface area contributed by atoms with Gasteiger partial charge in [0.05, 0.1) is 0 Å². The molecule has 5 nitrogen and oxygen atoms in total. The average Bonchev–Trinajstić information content (AvgIpc) is 3.15. The van der Waals surface area contributed by atoms with Crippen LogP contribution >= 0.6 is 11.3 Å². The second kappa shape index (κ2) is 8.52. The van der Waals surface area contributed by atoms with Crippen molar-refractivity contribution in [2.75, 3.05) is 5.32 Å². The molecule has 1 amide bonds. The summed E-state index contributed by atoms with van der Waals surface area (Å²) in [5.41, 5.74) is 2.27. The number of benzene rings is 2. The Bertz CT molecular complexity index is 915. The number of amides is 1. The Labute approximate surface area is 169 Å². The minimum Gasteiger partial charge on any atom is -0.481 e. The number of carbonyl (C=O) groups is 1. The van der Waals surface area contributed by atoms with Crippen LogP contribution in [0, 0.1) is 0 Å². The third kappa shape index (κ3) is 4.95. The van der Waals surface area contributed by atoms with E-state index in [1.807, 2.05) is 61.5 Å². The predicted octanol–water partition coefficient (Wildman–Crippen LogP) is 5.30. The number of carbonyl (C=O) groups excluding carboxylic acids is 1. The molecule has 146 valence electrons. The van der Waals surface area contributed by atoms with Gasteiger partial charge in [-0.25, -0.2) is 0 Å². The first-order chi connectivity index (χ1) is 13.4. The second-order valence-electron chi connectivity index (χ2n) is 7.56. The molecule has 0 unspecified atom stereocenters. The van der Waals surface area contributed by atoms with Crippen molar-refractivity contribution in [2.45, 2.75) is 45.6 Å². The summed E-state index contributed by atoms with van der Waals surface area (Å²) in [6, 6.07) is 17.7. The Kier molecular flexibility index (Phi) is 6.09. The van der Waals surface area contributed by atoms with Gasteiger partial charge < -0.3 is 4.74 Å². The van der Waals surface area contributed by atoms with E-state index in [0.717, 1.165) is 10.6 Å². The van der Waals surface area contributed by atoms with Crippen LogP contribution in [0.4, 0.5) is 5.13 Å². The molecule has 0 saturated carbocycles. The molecule has 1 heterocycles. The number of nitrogens with one attached hydrogen (secondary N) is 1. The predicted molar refractivity (Wildman–Crippen MR) is 114 cm³/mol. The molecule has 1 atom stereocenters. The Balaban J connectivity index is 1.65. The summed E-state index contributed by atoms with van der Waals surface area (Å²) in [5, 5.41) is 12.3. The van der Waals surface area contributed by atoms with Gasteiger partial charge in [0.1, 0.15) is 10.8 Å². The molecular formula is C22H25N3O2S. The first-order valence-corrected chi connectivity index (χ1v) is 10.2. The molecule has 6 heteroatoms. The van der Waals surface area contributed by atoms with Gasteiger partial charge in [-0.3, -0.25) is 10.1 Å². The summed E-state index contributed by atoms with van der Waals surface area (Å²) < 4.78 is 5.90. The van der Waals surface area contributed by atoms with E-state index in [9.17, 15) is 4.79 Å². The fourth-order valence-electron chi connectivity index (χ4n) is 2.68. The number of ether oxygens (including phenoxy) is 1. The lowest BCUT2D eigenvalue weighted by Gasteiger charge is -2.20. The quantitative estimate of drug-likeness (QED) is 0.615. The van der Waals surface area contributed by atoms with Crippen molar-refractivity contribution >= 4 is 22.4 Å². The van der Waals surface area contributed by atoms with Crippen LogP contribution < -0.4 is 10.1 Å². The molecule has 1 aromatic heterocycles. The first kappa shape index (κ1) is 20.0. The van der Waals surface area contributed by atoms with Gasteiger partial charge in [0.2, 0.25) is 5.13 Å². The SMILES string of the molecule is CC[C@H](Oc1ccc(C(C)(C)C)cc1)C(=O)Nc1nnc(-c2ccccc2)s1. The first-order valence-electron chi connectivity index (χ1n) is 9.34. The van der Waals surface area contributed by atoms with Gasteiger partial charge in [0, 0.05) is 5.56 Å². The standard InChI is InChI=1S/C22H25N3O2S/c1-5-18(27-17-13-11-16(12-14-17)22(2,3)4)19(26)23-21-25-24-20(28-21)15-9-7-6-8-10-15/h6-14,18H,5H2,1-4H3,(H,23,25,26)/t18-/m0/s1. The highest BCUT2D eigenvalue weighted by molar-refractivity contribution is 7.18. The third-order valence-electron chi connectivity index (χ3n) is 4.34. The molecule has 0 fully saturated rings. The highest BCUT2D eigenvalue weighted by Gasteiger charge is 2.21. The number of nitrogens with zero attached hydrogens (tertiary/aromatic N) is 2. The zero-order valence-electron chi connectivity index (χ0n) is 16.6. The average molecular weight is 396 g/mol. The molecule has 3 rings (SSSR count). The van der Waals surface area contributed by atoms with Crippen molar-refractivity contribution in [1.82, 2.24) is 10.2 Å². The lowest BCUT2D eigenvalue weighted by atomic mass is 9.87. The number of aromatic nitrogens is 2. The van der Waals surface area contributed by atoms with Crippen molar-refractivity contribution in [3.63, 3.8) is 0 Å². The molecule has 0 saturated heterocycles. The normalized spacial score (nSPS) is 12.4. The molecule has 0 spiro atoms. The van der Waals surface area contributed by atoms with Crippen LogP contribution in [0.2, 0.25) is 0 Å². The van der Waals surface area contributed by atoms with Gasteiger partial charge in [-0.05, 0) is 29.5 Å². The molecule has 28 heavy (non-hydrogen) atoms. The van der Waals surface area contributed by atoms with Crippen LogP contribution in [0.15, 0.2) is 54.6 Å². The molecule has 0 radical (unpaired) electrons. The van der Waals surface area contributed by atoms with E-state index in [-0.39, 0.29) is 11.3 Å². The van der Waals surface area contributed by atoms with Gasteiger partial charge >= 0.3 is 0 Å². The van der Waals surface area contributed by atoms with Gasteiger partial charge in [-0.15, -0.1) is 10.2 Å². The maximum atomic E-state index is 12.6. The van der Waals surface area contributed by atoms with Crippen molar-refractivity contribution < 1.29 is 9.53 Å². The number of rotatable bonds is 6. The van der Waals surface area contributed by atoms with E-state index in [4.69, 9.17) is 4.74 Å². The minimum atomic E-state index is -0.593. The Hall–Kier alpha value is -2.73. The van der Waals surface area contributed by atoms with Crippen LogP contribution in [-0.4, -0.2) is 22.2 Å². The van der Waals surface area contributed by atoms with Crippen molar-refractivity contribution in [1.29, 1.82) is 0 Å². The number of hydrogen-bond acceptors (Lipinski definition) is 5. The van der Waals surface area contributed by atoms with Gasteiger partial charge in [0.25, 0.3) is 5.91 Å². The molecule has 0 aliphatic rings. The Morgan fingerprint density at radius 2 is 1.75 bits per heavy atom. The summed E-state index contributed by atoms with van der Waals surface area (Å²) in [6.07, 6.45) is -0.0402. The molecule has 0 aliphatic carbocycles. The Morgan fingerprint density at radius 1 is 1.07 bits per heavy atom. The van der Waals surface area contributed by atoms with Crippen LogP contribution in [0.3, 0.4) is 0 Å². The number of hydrogen-bond donors (Lipinski definition) is 1. The summed E-state index contributed by atoms with van der Waals surface area (Å²) in [6.45, 7) is 8.41. The van der Waals surface area contributed by atoms with E-state index < -0.39 is 6.10 Å². The van der Waals surface area contributed by atoms with Crippen molar-refractivity contribution in [3.8, 4) is 16.3 Å². The van der Waals surface area contributed by atoms with Gasteiger partial charge in [-0.1, -0.05) is 81.5 Å². The van der Waals surface area contributed by atoms with E-state index in [1.165, 1.54) is 16.9 Å². The van der Waals surface area contributed by atoms with Crippen LogP contribution in [0.25, 0.3) is 10.6 Å². The number of anilines is 1. The van der Waals surface area contributed by atoms with E-state index in [1.54, 1.807) is 0 Å². The highest BCUT2D eigenvalue weighted by atomic mass is 32.1. The monoisotopic (exact) mass is 395 g/mol. The topological polar surface area (TPSA) is 64.1 Å². The molecule has 1 N–H and O–H groups in total. The fraction of sp³-hybridized carbons (Fsp3) is 0.318. The Morgan fingerprint density at radius 3 is 2.36 bits per heavy atom. The van der Waals surface area contributed by atoms with Gasteiger partial charge in [-0.2, -0.15) is 0 Å². The summed E-state index contributed by atoms with van der Waals surface area (Å²) in [4.78, 5) is 12.6. The molecule has 0 aliphatic heterocycles. The summed E-state index contributed by atoms with van der Waals surface area (Å²) in [5.74, 6) is 0.454. The molecule has 3 aromatic rings. The second-order valence-corrected chi connectivity index (χ2v) is 8.53. The smallest absolute Gasteiger partial charge is 0.267 e. The van der Waals surface area contributed by atoms with E-state index >= 15 is 0 Å². The summed E-state index contributed by atoms with van der Waals surface area (Å²) in [7, 11) is 0. The van der Waals surface area contributed by atoms with Crippen LogP contribution in [-0.2, 0) is 10.2 Å². The lowest BCUT2D eigenvalue weighted by Crippen LogP contribution is -2.32. The molecule has 0 bridgehead atoms. The maximum absolute atomic E-state index is 12.6. The van der Waals surface area contributed by atoms with Crippen molar-refractivity contribution in [3.05, 3.63) is 60.2 Å². The third-order valence-corrected chi connectivity index (χ3v) is 5.23. The maximum Gasteiger partial charge on any atom is 0.267 e. The van der Waals surface area contributed by atoms with Gasteiger partial charge in [0.15, 0.2) is 6.10 Å². The summed E-state index contributed by atoms with van der Waals surface area (Å²) >= 11 is 1.34. The highest BCUT2D eigenvalue weighted by Crippen LogP contribution is 2.27. The zero-order chi connectivity index (χ0) is 20.1. The van der Waals surface area contributed by atoms with Crippen LogP contribution in [0.1, 0.15) is 39.7 Å². The largest absolute Gasteiger partial charge is 0.481 e. The molecule has 2 aromatic carbocycles. The fourth-order valence-corrected chi connectivity index (χ4v) is 3.43. The van der Waals surface area contributed by atoms with Crippen LogP contribution in [0.5, 0.6) is 5.75 Å². The minimum absolute atomic E-state index is 0.0777.